The van der Waals surface area contributed by atoms with Crippen LogP contribution in [0.5, 0.6) is 0 Å². The Balaban J connectivity index is 1.56. The summed E-state index contributed by atoms with van der Waals surface area (Å²) < 4.78 is 5.37. The van der Waals surface area contributed by atoms with Crippen LogP contribution in [-0.4, -0.2) is 10.9 Å². The average molecular weight is 320 g/mol. The van der Waals surface area contributed by atoms with Crippen molar-refractivity contribution in [2.24, 2.45) is 0 Å². The molecule has 1 atom stereocenters. The molecule has 1 unspecified atom stereocenters. The molecule has 24 heavy (non-hydrogen) atoms. The van der Waals surface area contributed by atoms with Crippen LogP contribution in [0.25, 0.3) is 11.3 Å². The van der Waals surface area contributed by atoms with Gasteiger partial charge in [0.1, 0.15) is 5.76 Å². The lowest BCUT2D eigenvalue weighted by atomic mass is 9.97. The van der Waals surface area contributed by atoms with E-state index in [4.69, 9.17) is 4.42 Å². The molecular weight excluding hydrogens is 300 g/mol. The van der Waals surface area contributed by atoms with Crippen LogP contribution in [0.2, 0.25) is 0 Å². The Morgan fingerprint density at radius 2 is 2.00 bits per heavy atom. The zero-order valence-electron chi connectivity index (χ0n) is 13.6. The van der Waals surface area contributed by atoms with Crippen molar-refractivity contribution in [3.63, 3.8) is 0 Å². The highest BCUT2D eigenvalue weighted by atomic mass is 16.3. The molecule has 2 aromatic heterocycles. The number of amides is 1. The number of carbonyl (C=O) groups is 1. The van der Waals surface area contributed by atoms with Gasteiger partial charge in [0.15, 0.2) is 0 Å². The van der Waals surface area contributed by atoms with E-state index < -0.39 is 0 Å². The van der Waals surface area contributed by atoms with Crippen molar-refractivity contribution in [3.8, 4) is 11.3 Å². The fraction of sp³-hybridized carbons (Fsp3) is 0.200. The minimum absolute atomic E-state index is 0.0368. The lowest BCUT2D eigenvalue weighted by molar-refractivity contribution is -0.121. The summed E-state index contributed by atoms with van der Waals surface area (Å²) >= 11 is 0. The van der Waals surface area contributed by atoms with Gasteiger partial charge in [0.05, 0.1) is 6.26 Å². The van der Waals surface area contributed by atoms with Gasteiger partial charge < -0.3 is 9.73 Å². The molecule has 3 aromatic rings. The average Bonchev–Trinajstić information content (AvgIpc) is 3.16. The standard InChI is InChI=1S/C20H20N2O2/c1-15(17-6-3-2-4-7-17)10-20(23)22-13-16-11-18(14-21-12-16)19-8-5-9-24-19/h2-9,11-12,14-15H,10,13H2,1H3,(H,22,23). The van der Waals surface area contributed by atoms with Crippen LogP contribution in [-0.2, 0) is 11.3 Å². The first-order valence-corrected chi connectivity index (χ1v) is 8.02. The number of hydrogen-bond acceptors (Lipinski definition) is 3. The second kappa shape index (κ2) is 7.59. The third-order valence-corrected chi connectivity index (χ3v) is 3.95. The van der Waals surface area contributed by atoms with Gasteiger partial charge in [-0.3, -0.25) is 9.78 Å². The van der Waals surface area contributed by atoms with E-state index in [1.165, 1.54) is 5.56 Å². The molecule has 0 fully saturated rings. The number of pyridine rings is 1. The summed E-state index contributed by atoms with van der Waals surface area (Å²) in [6.07, 6.45) is 5.61. The van der Waals surface area contributed by atoms with Crippen LogP contribution in [0, 0.1) is 0 Å². The van der Waals surface area contributed by atoms with Crippen LogP contribution in [0.15, 0.2) is 71.6 Å². The van der Waals surface area contributed by atoms with Gasteiger partial charge in [-0.15, -0.1) is 0 Å². The molecule has 4 nitrogen and oxygen atoms in total. The van der Waals surface area contributed by atoms with E-state index in [-0.39, 0.29) is 11.8 Å². The van der Waals surface area contributed by atoms with Gasteiger partial charge in [0.25, 0.3) is 0 Å². The molecule has 4 heteroatoms. The molecular formula is C20H20N2O2. The van der Waals surface area contributed by atoms with Crippen molar-refractivity contribution in [1.82, 2.24) is 10.3 Å². The van der Waals surface area contributed by atoms with Gasteiger partial charge in [-0.2, -0.15) is 0 Å². The van der Waals surface area contributed by atoms with Crippen molar-refractivity contribution < 1.29 is 9.21 Å². The summed E-state index contributed by atoms with van der Waals surface area (Å²) in [7, 11) is 0. The largest absolute Gasteiger partial charge is 0.464 e. The fourth-order valence-electron chi connectivity index (χ4n) is 2.61. The maximum atomic E-state index is 12.2. The Labute approximate surface area is 141 Å². The summed E-state index contributed by atoms with van der Waals surface area (Å²) in [6, 6.07) is 15.8. The minimum atomic E-state index is 0.0368. The molecule has 2 heterocycles. The van der Waals surface area contributed by atoms with Gasteiger partial charge in [0.2, 0.25) is 5.91 Å². The highest BCUT2D eigenvalue weighted by Gasteiger charge is 2.11. The number of nitrogens with zero attached hydrogens (tertiary/aromatic N) is 1. The maximum Gasteiger partial charge on any atom is 0.220 e. The van der Waals surface area contributed by atoms with Gasteiger partial charge in [-0.1, -0.05) is 37.3 Å². The van der Waals surface area contributed by atoms with Crippen LogP contribution in [0.4, 0.5) is 0 Å². The lowest BCUT2D eigenvalue weighted by Gasteiger charge is -2.12. The molecule has 3 rings (SSSR count). The molecule has 0 spiro atoms. The van der Waals surface area contributed by atoms with Crippen LogP contribution < -0.4 is 5.32 Å². The quantitative estimate of drug-likeness (QED) is 0.742. The molecule has 0 aliphatic carbocycles. The van der Waals surface area contributed by atoms with Gasteiger partial charge >= 0.3 is 0 Å². The molecule has 122 valence electrons. The number of furan rings is 1. The van der Waals surface area contributed by atoms with Crippen LogP contribution >= 0.6 is 0 Å². The molecule has 1 amide bonds. The third kappa shape index (κ3) is 4.10. The van der Waals surface area contributed by atoms with Crippen molar-refractivity contribution in [2.45, 2.75) is 25.8 Å². The molecule has 0 saturated carbocycles. The Morgan fingerprint density at radius 1 is 1.17 bits per heavy atom. The third-order valence-electron chi connectivity index (χ3n) is 3.95. The van der Waals surface area contributed by atoms with Crippen LogP contribution in [0.1, 0.15) is 30.4 Å². The Kier molecular flexibility index (Phi) is 5.06. The highest BCUT2D eigenvalue weighted by molar-refractivity contribution is 5.76. The predicted octanol–water partition coefficient (Wildman–Crippen LogP) is 4.15. The molecule has 0 bridgehead atoms. The van der Waals surface area contributed by atoms with Gasteiger partial charge in [-0.25, -0.2) is 0 Å². The van der Waals surface area contributed by atoms with E-state index in [9.17, 15) is 4.79 Å². The molecule has 0 aliphatic rings. The number of hydrogen-bond donors (Lipinski definition) is 1. The first kappa shape index (κ1) is 16.0. The molecule has 0 aliphatic heterocycles. The van der Waals surface area contributed by atoms with E-state index >= 15 is 0 Å². The number of nitrogens with one attached hydrogen (secondary N) is 1. The predicted molar refractivity (Wildman–Crippen MR) is 93.3 cm³/mol. The molecule has 0 radical (unpaired) electrons. The first-order chi connectivity index (χ1) is 11.7. The Bertz CT molecular complexity index is 782. The lowest BCUT2D eigenvalue weighted by Crippen LogP contribution is -2.24. The Morgan fingerprint density at radius 3 is 2.75 bits per heavy atom. The van der Waals surface area contributed by atoms with E-state index in [0.29, 0.717) is 13.0 Å². The smallest absolute Gasteiger partial charge is 0.220 e. The first-order valence-electron chi connectivity index (χ1n) is 8.02. The molecule has 0 saturated heterocycles. The van der Waals surface area contributed by atoms with Crippen molar-refractivity contribution in [2.75, 3.05) is 0 Å². The summed E-state index contributed by atoms with van der Waals surface area (Å²) in [5, 5.41) is 2.96. The topological polar surface area (TPSA) is 55.1 Å². The summed E-state index contributed by atoms with van der Waals surface area (Å²) in [6.45, 7) is 2.52. The minimum Gasteiger partial charge on any atom is -0.464 e. The van der Waals surface area contributed by atoms with Crippen molar-refractivity contribution in [1.29, 1.82) is 0 Å². The van der Waals surface area contributed by atoms with E-state index in [1.54, 1.807) is 18.7 Å². The summed E-state index contributed by atoms with van der Waals surface area (Å²) in [5.74, 6) is 1.00. The zero-order chi connectivity index (χ0) is 16.8. The second-order valence-electron chi connectivity index (χ2n) is 5.85. The van der Waals surface area contributed by atoms with Crippen LogP contribution in [0.3, 0.4) is 0 Å². The van der Waals surface area contributed by atoms with E-state index in [0.717, 1.165) is 16.9 Å². The Hall–Kier alpha value is -2.88. The van der Waals surface area contributed by atoms with E-state index in [1.807, 2.05) is 36.4 Å². The normalized spacial score (nSPS) is 11.9. The summed E-state index contributed by atoms with van der Waals surface area (Å²) in [5.41, 5.74) is 3.03. The zero-order valence-corrected chi connectivity index (χ0v) is 13.6. The monoisotopic (exact) mass is 320 g/mol. The number of aromatic nitrogens is 1. The van der Waals surface area contributed by atoms with E-state index in [2.05, 4.69) is 29.4 Å². The molecule has 1 N–H and O–H groups in total. The maximum absolute atomic E-state index is 12.2. The van der Waals surface area contributed by atoms with Gasteiger partial charge in [0, 0.05) is 30.9 Å². The fourth-order valence-corrected chi connectivity index (χ4v) is 2.61. The number of benzene rings is 1. The highest BCUT2D eigenvalue weighted by Crippen LogP contribution is 2.20. The van der Waals surface area contributed by atoms with Crippen molar-refractivity contribution >= 4 is 5.91 Å². The number of carbonyl (C=O) groups excluding carboxylic acids is 1. The molecule has 1 aromatic carbocycles. The second-order valence-corrected chi connectivity index (χ2v) is 5.85. The van der Waals surface area contributed by atoms with Crippen molar-refractivity contribution in [3.05, 3.63) is 78.3 Å². The summed E-state index contributed by atoms with van der Waals surface area (Å²) in [4.78, 5) is 16.4. The van der Waals surface area contributed by atoms with Gasteiger partial charge in [-0.05, 0) is 35.2 Å². The number of rotatable bonds is 6. The SMILES string of the molecule is CC(CC(=O)NCc1cncc(-c2ccco2)c1)c1ccccc1.